The summed E-state index contributed by atoms with van der Waals surface area (Å²) in [6, 6.07) is 10.7. The van der Waals surface area contributed by atoms with Gasteiger partial charge in [0.15, 0.2) is 0 Å². The molecule has 0 saturated carbocycles. The highest BCUT2D eigenvalue weighted by molar-refractivity contribution is 5.65. The molecule has 0 unspecified atom stereocenters. The molecule has 0 N–H and O–H groups in total. The second kappa shape index (κ2) is 4.97. The molecule has 18 heavy (non-hydrogen) atoms. The summed E-state index contributed by atoms with van der Waals surface area (Å²) in [4.78, 5) is 0. The van der Waals surface area contributed by atoms with Crippen molar-refractivity contribution in [2.75, 3.05) is 0 Å². The van der Waals surface area contributed by atoms with Gasteiger partial charge in [-0.1, -0.05) is 25.1 Å². The van der Waals surface area contributed by atoms with Crippen LogP contribution in [-0.4, -0.2) is 0 Å². The van der Waals surface area contributed by atoms with Crippen molar-refractivity contribution in [1.29, 1.82) is 5.26 Å². The van der Waals surface area contributed by atoms with Gasteiger partial charge in [-0.15, -0.1) is 0 Å². The van der Waals surface area contributed by atoms with Gasteiger partial charge in [-0.05, 0) is 35.7 Å². The molecule has 0 atom stereocenters. The number of aryl methyl sites for hydroxylation is 1. The number of hydrogen-bond acceptors (Lipinski definition) is 1. The minimum absolute atomic E-state index is 0.0377. The summed E-state index contributed by atoms with van der Waals surface area (Å²) in [7, 11) is 0. The Morgan fingerprint density at radius 2 is 1.83 bits per heavy atom. The minimum atomic E-state index is -0.631. The fraction of sp³-hybridized carbons (Fsp3) is 0.133. The lowest BCUT2D eigenvalue weighted by molar-refractivity contribution is 0.621. The van der Waals surface area contributed by atoms with Crippen molar-refractivity contribution in [2.45, 2.75) is 13.3 Å². The average Bonchev–Trinajstić information content (AvgIpc) is 2.38. The largest absolute Gasteiger partial charge is 0.206 e. The zero-order valence-electron chi connectivity index (χ0n) is 9.87. The molecule has 0 saturated heterocycles. The molecule has 2 rings (SSSR count). The Morgan fingerprint density at radius 3 is 2.39 bits per heavy atom. The molecular weight excluding hydrogens is 232 g/mol. The number of benzene rings is 2. The van der Waals surface area contributed by atoms with E-state index >= 15 is 0 Å². The van der Waals surface area contributed by atoms with Crippen molar-refractivity contribution in [1.82, 2.24) is 0 Å². The summed E-state index contributed by atoms with van der Waals surface area (Å²) in [6.45, 7) is 1.94. The van der Waals surface area contributed by atoms with Crippen LogP contribution in [0.15, 0.2) is 36.4 Å². The SMILES string of the molecule is CCc1ccc(-c2ccc(C#N)c(F)c2)c(F)c1. The minimum Gasteiger partial charge on any atom is -0.206 e. The van der Waals surface area contributed by atoms with Crippen LogP contribution in [0.2, 0.25) is 0 Å². The van der Waals surface area contributed by atoms with E-state index < -0.39 is 5.82 Å². The van der Waals surface area contributed by atoms with Gasteiger partial charge < -0.3 is 0 Å². The Morgan fingerprint density at radius 1 is 1.06 bits per heavy atom. The standard InChI is InChI=1S/C15H11F2N/c1-2-10-3-6-13(15(17)7-10)11-4-5-12(9-18)14(16)8-11/h3-8H,2H2,1H3. The van der Waals surface area contributed by atoms with E-state index in [0.29, 0.717) is 11.1 Å². The van der Waals surface area contributed by atoms with Crippen LogP contribution in [-0.2, 0) is 6.42 Å². The summed E-state index contributed by atoms with van der Waals surface area (Å²) in [6.07, 6.45) is 0.749. The molecule has 3 heteroatoms. The second-order valence-electron chi connectivity index (χ2n) is 3.97. The first-order chi connectivity index (χ1) is 8.65. The zero-order valence-corrected chi connectivity index (χ0v) is 9.87. The first kappa shape index (κ1) is 12.3. The third-order valence-corrected chi connectivity index (χ3v) is 2.84. The Bertz CT molecular complexity index is 627. The van der Waals surface area contributed by atoms with E-state index in [2.05, 4.69) is 0 Å². The third-order valence-electron chi connectivity index (χ3n) is 2.84. The Balaban J connectivity index is 2.49. The molecule has 2 aromatic rings. The number of halogens is 2. The molecule has 0 heterocycles. The van der Waals surface area contributed by atoms with Crippen molar-refractivity contribution < 1.29 is 8.78 Å². The van der Waals surface area contributed by atoms with Gasteiger partial charge in [0.1, 0.15) is 17.7 Å². The molecule has 0 fully saturated rings. The summed E-state index contributed by atoms with van der Waals surface area (Å²) < 4.78 is 27.3. The quantitative estimate of drug-likeness (QED) is 0.780. The summed E-state index contributed by atoms with van der Waals surface area (Å²) in [5.74, 6) is -1.01. The van der Waals surface area contributed by atoms with E-state index in [1.165, 1.54) is 18.2 Å². The van der Waals surface area contributed by atoms with E-state index in [1.54, 1.807) is 18.2 Å². The number of nitrogens with zero attached hydrogens (tertiary/aromatic N) is 1. The van der Waals surface area contributed by atoms with E-state index in [0.717, 1.165) is 12.0 Å². The monoisotopic (exact) mass is 243 g/mol. The van der Waals surface area contributed by atoms with Crippen LogP contribution in [0.1, 0.15) is 18.1 Å². The first-order valence-corrected chi connectivity index (χ1v) is 5.64. The Labute approximate surface area is 104 Å². The molecule has 0 aliphatic rings. The van der Waals surface area contributed by atoms with Crippen molar-refractivity contribution in [3.8, 4) is 17.2 Å². The van der Waals surface area contributed by atoms with Crippen LogP contribution >= 0.6 is 0 Å². The molecule has 2 aromatic carbocycles. The van der Waals surface area contributed by atoms with Crippen molar-refractivity contribution in [2.24, 2.45) is 0 Å². The van der Waals surface area contributed by atoms with Gasteiger partial charge in [0.05, 0.1) is 5.56 Å². The van der Waals surface area contributed by atoms with Gasteiger partial charge in [0.2, 0.25) is 0 Å². The maximum absolute atomic E-state index is 13.8. The van der Waals surface area contributed by atoms with Crippen LogP contribution in [0.25, 0.3) is 11.1 Å². The van der Waals surface area contributed by atoms with Crippen molar-refractivity contribution in [3.05, 3.63) is 59.2 Å². The molecule has 0 bridgehead atoms. The molecule has 1 nitrogen and oxygen atoms in total. The molecule has 0 aromatic heterocycles. The maximum atomic E-state index is 13.8. The summed E-state index contributed by atoms with van der Waals surface area (Å²) in [5.41, 5.74) is 1.64. The van der Waals surface area contributed by atoms with Crippen LogP contribution in [0.5, 0.6) is 0 Å². The highest BCUT2D eigenvalue weighted by Crippen LogP contribution is 2.25. The molecular formula is C15H11F2N. The van der Waals surface area contributed by atoms with Gasteiger partial charge in [-0.3, -0.25) is 0 Å². The number of hydrogen-bond donors (Lipinski definition) is 0. The van der Waals surface area contributed by atoms with Crippen molar-refractivity contribution >= 4 is 0 Å². The van der Waals surface area contributed by atoms with Gasteiger partial charge >= 0.3 is 0 Å². The fourth-order valence-electron chi connectivity index (χ4n) is 1.79. The average molecular weight is 243 g/mol. The molecule has 0 spiro atoms. The highest BCUT2D eigenvalue weighted by Gasteiger charge is 2.09. The topological polar surface area (TPSA) is 23.8 Å². The van der Waals surface area contributed by atoms with E-state index in [4.69, 9.17) is 5.26 Å². The lowest BCUT2D eigenvalue weighted by Crippen LogP contribution is -1.90. The maximum Gasteiger partial charge on any atom is 0.141 e. The summed E-state index contributed by atoms with van der Waals surface area (Å²) >= 11 is 0. The fourth-order valence-corrected chi connectivity index (χ4v) is 1.79. The molecule has 0 aliphatic heterocycles. The Kier molecular flexibility index (Phi) is 3.38. The van der Waals surface area contributed by atoms with Crippen LogP contribution in [0.4, 0.5) is 8.78 Å². The lowest BCUT2D eigenvalue weighted by Gasteiger charge is -2.06. The van der Waals surface area contributed by atoms with Gasteiger partial charge in [0, 0.05) is 5.56 Å². The Hall–Kier alpha value is -2.21. The van der Waals surface area contributed by atoms with Gasteiger partial charge in [-0.2, -0.15) is 5.26 Å². The second-order valence-corrected chi connectivity index (χ2v) is 3.97. The molecule has 0 amide bonds. The molecule has 0 aliphatic carbocycles. The highest BCUT2D eigenvalue weighted by atomic mass is 19.1. The lowest BCUT2D eigenvalue weighted by atomic mass is 10.0. The normalized spacial score (nSPS) is 10.1. The van der Waals surface area contributed by atoms with Crippen molar-refractivity contribution in [3.63, 3.8) is 0 Å². The smallest absolute Gasteiger partial charge is 0.141 e. The summed E-state index contributed by atoms with van der Waals surface area (Å²) in [5, 5.41) is 8.64. The zero-order chi connectivity index (χ0) is 13.1. The predicted molar refractivity (Wildman–Crippen MR) is 65.9 cm³/mol. The van der Waals surface area contributed by atoms with E-state index in [1.807, 2.05) is 13.0 Å². The van der Waals surface area contributed by atoms with Crippen LogP contribution in [0.3, 0.4) is 0 Å². The number of rotatable bonds is 2. The first-order valence-electron chi connectivity index (χ1n) is 5.64. The van der Waals surface area contributed by atoms with E-state index in [-0.39, 0.29) is 11.4 Å². The third kappa shape index (κ3) is 2.23. The predicted octanol–water partition coefficient (Wildman–Crippen LogP) is 4.07. The van der Waals surface area contributed by atoms with Gasteiger partial charge in [-0.25, -0.2) is 8.78 Å². The van der Waals surface area contributed by atoms with Crippen LogP contribution < -0.4 is 0 Å². The van der Waals surface area contributed by atoms with Gasteiger partial charge in [0.25, 0.3) is 0 Å². The van der Waals surface area contributed by atoms with E-state index in [9.17, 15) is 8.78 Å². The molecule has 0 radical (unpaired) electrons. The number of nitriles is 1. The van der Waals surface area contributed by atoms with Crippen LogP contribution in [0, 0.1) is 23.0 Å². The molecule has 90 valence electrons.